The van der Waals surface area contributed by atoms with Crippen molar-refractivity contribution in [3.63, 3.8) is 0 Å². The lowest BCUT2D eigenvalue weighted by Gasteiger charge is -2.12. The maximum Gasteiger partial charge on any atom is 0.229 e. The number of sulfonamides is 1. The Labute approximate surface area is 187 Å². The summed E-state index contributed by atoms with van der Waals surface area (Å²) in [5, 5.41) is 3.58. The third-order valence-corrected chi connectivity index (χ3v) is 5.49. The Morgan fingerprint density at radius 1 is 0.968 bits per heavy atom. The van der Waals surface area contributed by atoms with Gasteiger partial charge in [-0.3, -0.25) is 4.72 Å². The molecule has 0 bridgehead atoms. The van der Waals surface area contributed by atoms with E-state index in [1.807, 2.05) is 0 Å². The van der Waals surface area contributed by atoms with Crippen LogP contribution < -0.4 is 10.0 Å². The van der Waals surface area contributed by atoms with Crippen LogP contribution in [0.3, 0.4) is 0 Å². The van der Waals surface area contributed by atoms with Crippen LogP contribution in [0.4, 0.5) is 21.6 Å². The van der Waals surface area contributed by atoms with Gasteiger partial charge in [0.1, 0.15) is 12.1 Å². The van der Waals surface area contributed by atoms with E-state index in [0.29, 0.717) is 27.8 Å². The molecule has 0 spiro atoms. The number of rotatable bonds is 5. The van der Waals surface area contributed by atoms with Crippen molar-refractivity contribution in [2.45, 2.75) is 0 Å². The van der Waals surface area contributed by atoms with Crippen molar-refractivity contribution >= 4 is 61.3 Å². The van der Waals surface area contributed by atoms with Crippen molar-refractivity contribution in [1.82, 2.24) is 15.0 Å². The second-order valence-electron chi connectivity index (χ2n) is 6.62. The highest BCUT2D eigenvalue weighted by molar-refractivity contribution is 7.92. The second-order valence-corrected chi connectivity index (χ2v) is 9.13. The molecule has 0 saturated heterocycles. The van der Waals surface area contributed by atoms with E-state index in [2.05, 4.69) is 25.0 Å². The van der Waals surface area contributed by atoms with Crippen LogP contribution in [0.2, 0.25) is 10.2 Å². The number of hydrogen-bond acceptors (Lipinski definition) is 6. The van der Waals surface area contributed by atoms with E-state index in [0.717, 1.165) is 6.26 Å². The molecule has 2 heterocycles. The first-order valence-electron chi connectivity index (χ1n) is 8.81. The second kappa shape index (κ2) is 8.26. The predicted octanol–water partition coefficient (Wildman–Crippen LogP) is 5.25. The van der Waals surface area contributed by atoms with Gasteiger partial charge in [0, 0.05) is 17.1 Å². The van der Waals surface area contributed by atoms with Crippen LogP contribution in [0.25, 0.3) is 22.0 Å². The first-order valence-corrected chi connectivity index (χ1v) is 11.5. The number of anilines is 3. The minimum absolute atomic E-state index is 0.0119. The van der Waals surface area contributed by atoms with Crippen molar-refractivity contribution in [1.29, 1.82) is 0 Å². The van der Waals surface area contributed by atoms with Gasteiger partial charge < -0.3 is 5.32 Å². The van der Waals surface area contributed by atoms with Crippen LogP contribution in [0.5, 0.6) is 0 Å². The van der Waals surface area contributed by atoms with Gasteiger partial charge in [-0.15, -0.1) is 0 Å². The first kappa shape index (κ1) is 21.2. The number of hydrogen-bond donors (Lipinski definition) is 2. The van der Waals surface area contributed by atoms with Gasteiger partial charge in [-0.25, -0.2) is 27.8 Å². The molecule has 4 rings (SSSR count). The lowest BCUT2D eigenvalue weighted by Crippen LogP contribution is -2.10. The molecular formula is C20H14Cl2FN5O2S. The molecule has 11 heteroatoms. The highest BCUT2D eigenvalue weighted by Crippen LogP contribution is 2.32. The van der Waals surface area contributed by atoms with Crippen molar-refractivity contribution in [3.8, 4) is 11.1 Å². The summed E-state index contributed by atoms with van der Waals surface area (Å²) in [6.45, 7) is 0. The summed E-state index contributed by atoms with van der Waals surface area (Å²) >= 11 is 11.9. The van der Waals surface area contributed by atoms with Gasteiger partial charge in [-0.1, -0.05) is 35.3 Å². The van der Waals surface area contributed by atoms with Crippen LogP contribution in [0.15, 0.2) is 55.0 Å². The average molecular weight is 478 g/mol. The molecule has 2 aromatic heterocycles. The Balaban J connectivity index is 1.79. The summed E-state index contributed by atoms with van der Waals surface area (Å²) in [5.41, 5.74) is 2.27. The Morgan fingerprint density at radius 2 is 1.77 bits per heavy atom. The summed E-state index contributed by atoms with van der Waals surface area (Å²) < 4.78 is 39.8. The number of halogens is 3. The van der Waals surface area contributed by atoms with Gasteiger partial charge in [-0.2, -0.15) is 0 Å². The smallest absolute Gasteiger partial charge is 0.229 e. The zero-order valence-electron chi connectivity index (χ0n) is 15.9. The van der Waals surface area contributed by atoms with Gasteiger partial charge in [0.15, 0.2) is 11.0 Å². The van der Waals surface area contributed by atoms with Crippen LogP contribution in [-0.4, -0.2) is 29.6 Å². The molecule has 31 heavy (non-hydrogen) atoms. The van der Waals surface area contributed by atoms with Crippen molar-refractivity contribution < 1.29 is 12.8 Å². The lowest BCUT2D eigenvalue weighted by molar-refractivity contribution is 0.607. The first-order chi connectivity index (χ1) is 14.7. The van der Waals surface area contributed by atoms with E-state index in [1.54, 1.807) is 36.4 Å². The third kappa shape index (κ3) is 4.68. The van der Waals surface area contributed by atoms with E-state index < -0.39 is 15.8 Å². The molecule has 0 aliphatic rings. The number of fused-ring (bicyclic) bond motifs is 1. The molecule has 0 aliphatic heterocycles. The van der Waals surface area contributed by atoms with Crippen LogP contribution in [-0.2, 0) is 10.0 Å². The average Bonchev–Trinajstić information content (AvgIpc) is 2.72. The monoisotopic (exact) mass is 477 g/mol. The molecule has 0 saturated carbocycles. The van der Waals surface area contributed by atoms with E-state index in [4.69, 9.17) is 23.2 Å². The molecule has 2 aromatic carbocycles. The number of pyridine rings is 1. The van der Waals surface area contributed by atoms with E-state index in [-0.39, 0.29) is 21.6 Å². The van der Waals surface area contributed by atoms with Gasteiger partial charge in [0.05, 0.1) is 28.2 Å². The number of nitrogens with one attached hydrogen (secondary N) is 2. The summed E-state index contributed by atoms with van der Waals surface area (Å²) in [7, 11) is -3.53. The van der Waals surface area contributed by atoms with Gasteiger partial charge in [0.25, 0.3) is 0 Å². The SMILES string of the molecule is CS(=O)(=O)Nc1cc(-c2ccc3ncnc(Nc4cccc(Cl)c4F)c3c2)cnc1Cl. The molecule has 158 valence electrons. The van der Waals surface area contributed by atoms with Crippen molar-refractivity contribution in [2.75, 3.05) is 16.3 Å². The Kier molecular flexibility index (Phi) is 5.65. The molecule has 0 unspecified atom stereocenters. The number of benzene rings is 2. The fourth-order valence-electron chi connectivity index (χ4n) is 2.94. The maximum absolute atomic E-state index is 14.3. The van der Waals surface area contributed by atoms with Gasteiger partial charge in [-0.05, 0) is 35.9 Å². The molecule has 0 amide bonds. The molecule has 0 aliphatic carbocycles. The Bertz CT molecular complexity index is 1420. The Hall–Kier alpha value is -3.01. The molecule has 0 radical (unpaired) electrons. The highest BCUT2D eigenvalue weighted by atomic mass is 35.5. The van der Waals surface area contributed by atoms with Crippen molar-refractivity contribution in [2.24, 2.45) is 0 Å². The largest absolute Gasteiger partial charge is 0.337 e. The van der Waals surface area contributed by atoms with E-state index in [9.17, 15) is 12.8 Å². The summed E-state index contributed by atoms with van der Waals surface area (Å²) in [4.78, 5) is 12.5. The van der Waals surface area contributed by atoms with Crippen molar-refractivity contribution in [3.05, 3.63) is 71.0 Å². The minimum Gasteiger partial charge on any atom is -0.337 e. The molecule has 0 fully saturated rings. The normalized spacial score (nSPS) is 11.5. The number of nitrogens with zero attached hydrogens (tertiary/aromatic N) is 3. The van der Waals surface area contributed by atoms with E-state index in [1.165, 1.54) is 18.6 Å². The molecule has 4 aromatic rings. The molecule has 0 atom stereocenters. The third-order valence-electron chi connectivity index (χ3n) is 4.31. The zero-order chi connectivity index (χ0) is 22.2. The van der Waals surface area contributed by atoms with Crippen LogP contribution >= 0.6 is 23.2 Å². The van der Waals surface area contributed by atoms with E-state index >= 15 is 0 Å². The summed E-state index contributed by atoms with van der Waals surface area (Å²) in [6, 6.07) is 11.6. The predicted molar refractivity (Wildman–Crippen MR) is 121 cm³/mol. The van der Waals surface area contributed by atoms with Gasteiger partial charge in [0.2, 0.25) is 10.0 Å². The zero-order valence-corrected chi connectivity index (χ0v) is 18.2. The topological polar surface area (TPSA) is 96.9 Å². The number of aromatic nitrogens is 3. The summed E-state index contributed by atoms with van der Waals surface area (Å²) in [6.07, 6.45) is 3.91. The minimum atomic E-state index is -3.53. The van der Waals surface area contributed by atoms with Gasteiger partial charge >= 0.3 is 0 Å². The maximum atomic E-state index is 14.3. The summed E-state index contributed by atoms with van der Waals surface area (Å²) in [5.74, 6) is -0.213. The lowest BCUT2D eigenvalue weighted by atomic mass is 10.0. The standard InChI is InChI=1S/C20H14Cl2FN5O2S/c1-31(29,30)28-17-8-12(9-24-19(17)22)11-5-6-15-13(7-11)20(26-10-25-15)27-16-4-2-3-14(21)18(16)23/h2-10,28H,1H3,(H,25,26,27). The highest BCUT2D eigenvalue weighted by Gasteiger charge is 2.13. The molecule has 7 nitrogen and oxygen atoms in total. The molecule has 2 N–H and O–H groups in total. The van der Waals surface area contributed by atoms with Crippen LogP contribution in [0, 0.1) is 5.82 Å². The Morgan fingerprint density at radius 3 is 2.55 bits per heavy atom. The van der Waals surface area contributed by atoms with Crippen LogP contribution in [0.1, 0.15) is 0 Å². The molecular weight excluding hydrogens is 464 g/mol. The quantitative estimate of drug-likeness (QED) is 0.380. The fraction of sp³-hybridized carbons (Fsp3) is 0.0500. The fourth-order valence-corrected chi connectivity index (χ4v) is 3.88.